The first-order valence-corrected chi connectivity index (χ1v) is 6.43. The summed E-state index contributed by atoms with van der Waals surface area (Å²) >= 11 is 0. The lowest BCUT2D eigenvalue weighted by molar-refractivity contribution is -0.128. The van der Waals surface area contributed by atoms with E-state index in [0.29, 0.717) is 19.7 Å². The SMILES string of the molecule is CCNC(=O)NC(=O)CN1CCO[C@@](C)(CC)C1. The molecule has 1 heterocycles. The Bertz CT molecular complexity index is 309. The van der Waals surface area contributed by atoms with Crippen molar-refractivity contribution in [2.75, 3.05) is 32.8 Å². The van der Waals surface area contributed by atoms with Gasteiger partial charge in [0, 0.05) is 19.6 Å². The third kappa shape index (κ3) is 4.62. The quantitative estimate of drug-likeness (QED) is 0.761. The number of urea groups is 1. The number of carbonyl (C=O) groups is 2. The first-order valence-electron chi connectivity index (χ1n) is 6.43. The van der Waals surface area contributed by atoms with E-state index in [0.717, 1.165) is 13.0 Å². The zero-order valence-corrected chi connectivity index (χ0v) is 11.4. The van der Waals surface area contributed by atoms with Gasteiger partial charge in [0.25, 0.3) is 0 Å². The van der Waals surface area contributed by atoms with Crippen LogP contribution in [0.25, 0.3) is 0 Å². The van der Waals surface area contributed by atoms with E-state index in [2.05, 4.69) is 17.6 Å². The molecule has 0 unspecified atom stereocenters. The van der Waals surface area contributed by atoms with Crippen molar-refractivity contribution in [3.63, 3.8) is 0 Å². The lowest BCUT2D eigenvalue weighted by Gasteiger charge is -2.39. The molecule has 0 spiro atoms. The van der Waals surface area contributed by atoms with E-state index in [1.54, 1.807) is 6.92 Å². The standard InChI is InChI=1S/C12H23N3O3/c1-4-12(3)9-15(6-7-18-12)8-10(16)14-11(17)13-5-2/h4-9H2,1-3H3,(H2,13,14,16,17)/t12-/m0/s1. The monoisotopic (exact) mass is 257 g/mol. The molecular weight excluding hydrogens is 234 g/mol. The van der Waals surface area contributed by atoms with Gasteiger partial charge in [-0.3, -0.25) is 15.0 Å². The van der Waals surface area contributed by atoms with Gasteiger partial charge in [-0.05, 0) is 20.3 Å². The molecule has 0 aromatic heterocycles. The predicted molar refractivity (Wildman–Crippen MR) is 68.3 cm³/mol. The Morgan fingerprint density at radius 1 is 1.39 bits per heavy atom. The minimum atomic E-state index is -0.436. The molecule has 1 aliphatic heterocycles. The Morgan fingerprint density at radius 3 is 2.72 bits per heavy atom. The first-order chi connectivity index (χ1) is 8.49. The van der Waals surface area contributed by atoms with Gasteiger partial charge in [-0.1, -0.05) is 6.92 Å². The highest BCUT2D eigenvalue weighted by molar-refractivity contribution is 5.95. The van der Waals surface area contributed by atoms with Crippen molar-refractivity contribution >= 4 is 11.9 Å². The van der Waals surface area contributed by atoms with Gasteiger partial charge in [-0.2, -0.15) is 0 Å². The van der Waals surface area contributed by atoms with Gasteiger partial charge in [0.05, 0.1) is 18.8 Å². The van der Waals surface area contributed by atoms with Crippen LogP contribution < -0.4 is 10.6 Å². The second kappa shape index (κ2) is 6.70. The topological polar surface area (TPSA) is 70.7 Å². The summed E-state index contributed by atoms with van der Waals surface area (Å²) < 4.78 is 5.69. The van der Waals surface area contributed by atoms with Crippen molar-refractivity contribution in [2.24, 2.45) is 0 Å². The number of hydrogen-bond acceptors (Lipinski definition) is 4. The van der Waals surface area contributed by atoms with Crippen molar-refractivity contribution in [3.8, 4) is 0 Å². The maximum absolute atomic E-state index is 11.6. The van der Waals surface area contributed by atoms with Crippen LogP contribution in [0.15, 0.2) is 0 Å². The number of morpholine rings is 1. The zero-order valence-electron chi connectivity index (χ0n) is 11.4. The molecule has 6 nitrogen and oxygen atoms in total. The van der Waals surface area contributed by atoms with Gasteiger partial charge in [0.15, 0.2) is 0 Å². The Hall–Kier alpha value is -1.14. The number of amides is 3. The van der Waals surface area contributed by atoms with Crippen LogP contribution in [0.2, 0.25) is 0 Å². The van der Waals surface area contributed by atoms with E-state index in [4.69, 9.17) is 4.74 Å². The Morgan fingerprint density at radius 2 is 2.11 bits per heavy atom. The summed E-state index contributed by atoms with van der Waals surface area (Å²) in [6, 6.07) is -0.436. The summed E-state index contributed by atoms with van der Waals surface area (Å²) in [7, 11) is 0. The molecule has 0 aliphatic carbocycles. The van der Waals surface area contributed by atoms with Gasteiger partial charge < -0.3 is 10.1 Å². The largest absolute Gasteiger partial charge is 0.373 e. The Kier molecular flexibility index (Phi) is 5.55. The van der Waals surface area contributed by atoms with E-state index in [-0.39, 0.29) is 18.1 Å². The molecule has 18 heavy (non-hydrogen) atoms. The molecule has 1 saturated heterocycles. The molecule has 0 radical (unpaired) electrons. The number of rotatable bonds is 4. The number of ether oxygens (including phenoxy) is 1. The van der Waals surface area contributed by atoms with Crippen molar-refractivity contribution in [1.82, 2.24) is 15.5 Å². The second-order valence-corrected chi connectivity index (χ2v) is 4.77. The molecule has 1 atom stereocenters. The fourth-order valence-corrected chi connectivity index (χ4v) is 1.94. The number of hydrogen-bond donors (Lipinski definition) is 2. The third-order valence-electron chi connectivity index (χ3n) is 3.12. The number of nitrogens with zero attached hydrogens (tertiary/aromatic N) is 1. The molecule has 0 bridgehead atoms. The molecule has 6 heteroatoms. The third-order valence-corrected chi connectivity index (χ3v) is 3.12. The summed E-state index contributed by atoms with van der Waals surface area (Å²) in [5.41, 5.74) is -0.190. The fourth-order valence-electron chi connectivity index (χ4n) is 1.94. The van der Waals surface area contributed by atoms with Crippen LogP contribution in [-0.2, 0) is 9.53 Å². The molecule has 1 fully saturated rings. The highest BCUT2D eigenvalue weighted by Crippen LogP contribution is 2.20. The van der Waals surface area contributed by atoms with Gasteiger partial charge in [-0.15, -0.1) is 0 Å². The van der Waals surface area contributed by atoms with Crippen molar-refractivity contribution in [1.29, 1.82) is 0 Å². The maximum atomic E-state index is 11.6. The predicted octanol–water partition coefficient (Wildman–Crippen LogP) is 0.333. The molecule has 0 aromatic carbocycles. The zero-order chi connectivity index (χ0) is 13.6. The number of imide groups is 1. The molecule has 104 valence electrons. The number of carbonyl (C=O) groups excluding carboxylic acids is 2. The van der Waals surface area contributed by atoms with Crippen LogP contribution in [0.1, 0.15) is 27.2 Å². The van der Waals surface area contributed by atoms with Crippen LogP contribution in [-0.4, -0.2) is 55.2 Å². The normalized spacial score (nSPS) is 24.6. The van der Waals surface area contributed by atoms with Crippen molar-refractivity contribution < 1.29 is 14.3 Å². The van der Waals surface area contributed by atoms with Gasteiger partial charge >= 0.3 is 6.03 Å². The smallest absolute Gasteiger partial charge is 0.321 e. The molecular formula is C12H23N3O3. The van der Waals surface area contributed by atoms with Crippen LogP contribution in [0.3, 0.4) is 0 Å². The Labute approximate surface area is 108 Å². The summed E-state index contributed by atoms with van der Waals surface area (Å²) in [6.07, 6.45) is 0.904. The van der Waals surface area contributed by atoms with Crippen molar-refractivity contribution in [3.05, 3.63) is 0 Å². The summed E-state index contributed by atoms with van der Waals surface area (Å²) in [5.74, 6) is -0.277. The summed E-state index contributed by atoms with van der Waals surface area (Å²) in [6.45, 7) is 8.71. The molecule has 1 rings (SSSR count). The molecule has 2 N–H and O–H groups in total. The van der Waals surface area contributed by atoms with E-state index in [1.807, 2.05) is 11.8 Å². The highest BCUT2D eigenvalue weighted by Gasteiger charge is 2.31. The average Bonchev–Trinajstić information content (AvgIpc) is 2.29. The maximum Gasteiger partial charge on any atom is 0.321 e. The minimum absolute atomic E-state index is 0.190. The lowest BCUT2D eigenvalue weighted by Crippen LogP contribution is -2.53. The van der Waals surface area contributed by atoms with Crippen molar-refractivity contribution in [2.45, 2.75) is 32.8 Å². The fraction of sp³-hybridized carbons (Fsp3) is 0.833. The Balaban J connectivity index is 2.38. The highest BCUT2D eigenvalue weighted by atomic mass is 16.5. The van der Waals surface area contributed by atoms with Gasteiger partial charge in [0.2, 0.25) is 5.91 Å². The lowest BCUT2D eigenvalue weighted by atomic mass is 10.0. The average molecular weight is 257 g/mol. The van der Waals surface area contributed by atoms with E-state index >= 15 is 0 Å². The number of nitrogens with one attached hydrogen (secondary N) is 2. The molecule has 1 aliphatic rings. The molecule has 3 amide bonds. The summed E-state index contributed by atoms with van der Waals surface area (Å²) in [5, 5.41) is 4.83. The van der Waals surface area contributed by atoms with E-state index < -0.39 is 6.03 Å². The van der Waals surface area contributed by atoms with Crippen LogP contribution in [0.4, 0.5) is 4.79 Å². The molecule has 0 aromatic rings. The van der Waals surface area contributed by atoms with Gasteiger partial charge in [-0.25, -0.2) is 4.79 Å². The van der Waals surface area contributed by atoms with E-state index in [9.17, 15) is 9.59 Å². The molecule has 0 saturated carbocycles. The van der Waals surface area contributed by atoms with E-state index in [1.165, 1.54) is 0 Å². The minimum Gasteiger partial charge on any atom is -0.373 e. The summed E-state index contributed by atoms with van der Waals surface area (Å²) in [4.78, 5) is 24.8. The first kappa shape index (κ1) is 14.9. The van der Waals surface area contributed by atoms with Gasteiger partial charge in [0.1, 0.15) is 0 Å². The van der Waals surface area contributed by atoms with Crippen LogP contribution in [0.5, 0.6) is 0 Å². The van der Waals surface area contributed by atoms with Crippen LogP contribution >= 0.6 is 0 Å². The second-order valence-electron chi connectivity index (χ2n) is 4.77. The van der Waals surface area contributed by atoms with Crippen LogP contribution in [0, 0.1) is 0 Å².